The van der Waals surface area contributed by atoms with E-state index in [-0.39, 0.29) is 29.3 Å². The van der Waals surface area contributed by atoms with Gasteiger partial charge in [-0.3, -0.25) is 9.59 Å². The number of ether oxygens (including phenoxy) is 1. The molecule has 2 aromatic rings. The van der Waals surface area contributed by atoms with Crippen molar-refractivity contribution in [2.75, 3.05) is 26.2 Å². The number of alkyl carbamates (subject to hydrolysis) is 1. The first-order valence-electron chi connectivity index (χ1n) is 12.8. The number of benzene rings is 1. The predicted octanol–water partition coefficient (Wildman–Crippen LogP) is 3.87. The van der Waals surface area contributed by atoms with Crippen molar-refractivity contribution in [1.82, 2.24) is 20.1 Å². The zero-order valence-corrected chi connectivity index (χ0v) is 22.8. The second-order valence-electron chi connectivity index (χ2n) is 9.76. The number of hydrogen-bond donors (Lipinski definition) is 2. The van der Waals surface area contributed by atoms with E-state index in [1.165, 1.54) is 0 Å². The van der Waals surface area contributed by atoms with Crippen LogP contribution in [0, 0.1) is 5.92 Å². The standard InChI is InChI=1S/C27H34Cl2N4O4/c1-3-37-27(36)31-10-6-17-12-19(25(29)23(28)13-17)16-33(20-4-5-20)26(35)22-15-30-9-7-21(22)18-8-11-32(2)24(34)14-18/h8,11-14,20-22,30H,3-7,9-10,15-16H2,1-2H3,(H,31,36)/t21-,22+/m0/s1. The molecule has 1 saturated heterocycles. The first-order chi connectivity index (χ1) is 17.8. The molecular formula is C27H34Cl2N4O4. The molecule has 2 atom stereocenters. The highest BCUT2D eigenvalue weighted by Gasteiger charge is 2.40. The smallest absolute Gasteiger partial charge is 0.407 e. The largest absolute Gasteiger partial charge is 0.450 e. The second kappa shape index (κ2) is 12.3. The fourth-order valence-electron chi connectivity index (χ4n) is 4.94. The minimum Gasteiger partial charge on any atom is -0.450 e. The number of carbonyl (C=O) groups excluding carboxylic acids is 2. The Hall–Kier alpha value is -2.55. The van der Waals surface area contributed by atoms with Gasteiger partial charge in [-0.2, -0.15) is 0 Å². The van der Waals surface area contributed by atoms with Crippen molar-refractivity contribution in [3.8, 4) is 0 Å². The summed E-state index contributed by atoms with van der Waals surface area (Å²) in [6, 6.07) is 7.52. The lowest BCUT2D eigenvalue weighted by molar-refractivity contribution is -0.138. The van der Waals surface area contributed by atoms with E-state index in [9.17, 15) is 14.4 Å². The molecule has 1 aromatic heterocycles. The number of carbonyl (C=O) groups is 2. The molecule has 4 rings (SSSR count). The van der Waals surface area contributed by atoms with E-state index >= 15 is 0 Å². The van der Waals surface area contributed by atoms with E-state index in [0.717, 1.165) is 42.5 Å². The number of piperidine rings is 1. The molecule has 1 aromatic carbocycles. The molecule has 1 aliphatic carbocycles. The van der Waals surface area contributed by atoms with Gasteiger partial charge in [0.1, 0.15) is 0 Å². The molecule has 8 nitrogen and oxygen atoms in total. The lowest BCUT2D eigenvalue weighted by Gasteiger charge is -2.36. The summed E-state index contributed by atoms with van der Waals surface area (Å²) in [5.41, 5.74) is 2.55. The maximum atomic E-state index is 14.0. The number of pyridine rings is 1. The first kappa shape index (κ1) is 27.5. The topological polar surface area (TPSA) is 92.7 Å². The lowest BCUT2D eigenvalue weighted by Crippen LogP contribution is -2.47. The summed E-state index contributed by atoms with van der Waals surface area (Å²) in [6.45, 7) is 4.19. The average molecular weight is 549 g/mol. The van der Waals surface area contributed by atoms with E-state index in [1.54, 1.807) is 36.9 Å². The van der Waals surface area contributed by atoms with Crippen LogP contribution in [-0.2, 0) is 29.5 Å². The maximum Gasteiger partial charge on any atom is 0.407 e. The lowest BCUT2D eigenvalue weighted by atomic mass is 9.80. The third-order valence-corrected chi connectivity index (χ3v) is 7.93. The monoisotopic (exact) mass is 548 g/mol. The van der Waals surface area contributed by atoms with Crippen molar-refractivity contribution in [2.45, 2.75) is 51.1 Å². The van der Waals surface area contributed by atoms with Gasteiger partial charge in [-0.05, 0) is 73.9 Å². The van der Waals surface area contributed by atoms with Crippen molar-refractivity contribution in [2.24, 2.45) is 13.0 Å². The SMILES string of the molecule is CCOC(=O)NCCc1cc(Cl)c(Cl)c(CN(C(=O)[C@@H]2CNCC[C@H]2c2ccn(C)c(=O)c2)C2CC2)c1. The van der Waals surface area contributed by atoms with Crippen molar-refractivity contribution < 1.29 is 14.3 Å². The highest BCUT2D eigenvalue weighted by Crippen LogP contribution is 2.37. The molecule has 2 N–H and O–H groups in total. The Morgan fingerprint density at radius 3 is 2.70 bits per heavy atom. The van der Waals surface area contributed by atoms with E-state index < -0.39 is 6.09 Å². The van der Waals surface area contributed by atoms with Gasteiger partial charge in [0.25, 0.3) is 5.56 Å². The predicted molar refractivity (Wildman–Crippen MR) is 144 cm³/mol. The zero-order valence-electron chi connectivity index (χ0n) is 21.3. The fraction of sp³-hybridized carbons (Fsp3) is 0.519. The van der Waals surface area contributed by atoms with Crippen molar-refractivity contribution in [3.63, 3.8) is 0 Å². The van der Waals surface area contributed by atoms with Crippen LogP contribution in [0.3, 0.4) is 0 Å². The van der Waals surface area contributed by atoms with Crippen LogP contribution in [0.2, 0.25) is 10.0 Å². The number of aryl methyl sites for hydroxylation is 1. The number of nitrogens with one attached hydrogen (secondary N) is 2. The van der Waals surface area contributed by atoms with Gasteiger partial charge in [0, 0.05) is 45.0 Å². The third-order valence-electron chi connectivity index (χ3n) is 7.09. The summed E-state index contributed by atoms with van der Waals surface area (Å²) >= 11 is 13.1. The summed E-state index contributed by atoms with van der Waals surface area (Å²) in [5, 5.41) is 6.94. The summed E-state index contributed by atoms with van der Waals surface area (Å²) in [6.07, 6.45) is 4.56. The van der Waals surface area contributed by atoms with Gasteiger partial charge in [0.15, 0.2) is 0 Å². The van der Waals surface area contributed by atoms with Crippen LogP contribution in [0.5, 0.6) is 0 Å². The molecule has 2 aliphatic rings. The zero-order chi connectivity index (χ0) is 26.5. The molecule has 37 heavy (non-hydrogen) atoms. The summed E-state index contributed by atoms with van der Waals surface area (Å²) < 4.78 is 6.44. The van der Waals surface area contributed by atoms with Crippen molar-refractivity contribution in [1.29, 1.82) is 0 Å². The normalized spacial score (nSPS) is 19.4. The quantitative estimate of drug-likeness (QED) is 0.496. The van der Waals surface area contributed by atoms with Crippen LogP contribution in [0.4, 0.5) is 4.79 Å². The molecule has 0 spiro atoms. The van der Waals surface area contributed by atoms with Crippen molar-refractivity contribution in [3.05, 3.63) is 67.6 Å². The van der Waals surface area contributed by atoms with E-state index in [0.29, 0.717) is 42.7 Å². The van der Waals surface area contributed by atoms with Crippen molar-refractivity contribution >= 4 is 35.2 Å². The van der Waals surface area contributed by atoms with Gasteiger partial charge in [-0.1, -0.05) is 29.3 Å². The minimum atomic E-state index is -0.458. The first-order valence-corrected chi connectivity index (χ1v) is 13.6. The van der Waals surface area contributed by atoms with Gasteiger partial charge in [0.05, 0.1) is 22.6 Å². The number of nitrogens with zero attached hydrogens (tertiary/aromatic N) is 2. The van der Waals surface area contributed by atoms with E-state index in [4.69, 9.17) is 27.9 Å². The molecule has 1 aliphatic heterocycles. The fourth-order valence-corrected chi connectivity index (χ4v) is 5.37. The van der Waals surface area contributed by atoms with Gasteiger partial charge < -0.3 is 24.8 Å². The Labute approximate surface area is 227 Å². The number of aromatic nitrogens is 1. The van der Waals surface area contributed by atoms with Gasteiger partial charge >= 0.3 is 6.09 Å². The Kier molecular flexibility index (Phi) is 9.16. The molecule has 2 heterocycles. The molecule has 2 amide bonds. The Bertz CT molecular complexity index is 1200. The van der Waals surface area contributed by atoms with Crippen LogP contribution in [0.1, 0.15) is 48.8 Å². The minimum absolute atomic E-state index is 0.0248. The second-order valence-corrected chi connectivity index (χ2v) is 10.5. The number of halogens is 2. The highest BCUT2D eigenvalue weighted by molar-refractivity contribution is 6.42. The van der Waals surface area contributed by atoms with Gasteiger partial charge in [0.2, 0.25) is 5.91 Å². The molecular weight excluding hydrogens is 515 g/mol. The van der Waals surface area contributed by atoms with Crippen LogP contribution in [-0.4, -0.2) is 53.8 Å². The average Bonchev–Trinajstić information content (AvgIpc) is 3.72. The molecule has 10 heteroatoms. The van der Waals surface area contributed by atoms with Gasteiger partial charge in [-0.15, -0.1) is 0 Å². The van der Waals surface area contributed by atoms with Crippen LogP contribution < -0.4 is 16.2 Å². The van der Waals surface area contributed by atoms with Crippen LogP contribution in [0.15, 0.2) is 35.3 Å². The van der Waals surface area contributed by atoms with Crippen LogP contribution in [0.25, 0.3) is 0 Å². The Balaban J connectivity index is 1.53. The Morgan fingerprint density at radius 2 is 2.00 bits per heavy atom. The number of rotatable bonds is 9. The molecule has 200 valence electrons. The maximum absolute atomic E-state index is 14.0. The Morgan fingerprint density at radius 1 is 1.22 bits per heavy atom. The third kappa shape index (κ3) is 6.86. The number of hydrogen-bond acceptors (Lipinski definition) is 5. The summed E-state index contributed by atoms with van der Waals surface area (Å²) in [7, 11) is 1.72. The van der Waals surface area contributed by atoms with Gasteiger partial charge in [-0.25, -0.2) is 4.79 Å². The molecule has 0 unspecified atom stereocenters. The van der Waals surface area contributed by atoms with E-state index in [2.05, 4.69) is 10.6 Å². The summed E-state index contributed by atoms with van der Waals surface area (Å²) in [4.78, 5) is 39.8. The van der Waals surface area contributed by atoms with E-state index in [1.807, 2.05) is 17.0 Å². The number of amides is 2. The molecule has 0 bridgehead atoms. The highest BCUT2D eigenvalue weighted by atomic mass is 35.5. The van der Waals surface area contributed by atoms with Crippen LogP contribution >= 0.6 is 23.2 Å². The summed E-state index contributed by atoms with van der Waals surface area (Å²) in [5.74, 6) is -0.224. The molecule has 0 radical (unpaired) electrons. The molecule has 2 fully saturated rings. The molecule has 1 saturated carbocycles.